The summed E-state index contributed by atoms with van der Waals surface area (Å²) in [5.74, 6) is -1.89. The van der Waals surface area contributed by atoms with E-state index in [0.717, 1.165) is 0 Å². The number of rotatable bonds is 5. The molecule has 2 aliphatic heterocycles. The number of sulfone groups is 1. The Hall–Kier alpha value is -1.94. The van der Waals surface area contributed by atoms with E-state index in [4.69, 9.17) is 5.11 Å². The van der Waals surface area contributed by atoms with Gasteiger partial charge in [0.05, 0.1) is 17.5 Å². The molecule has 10 heteroatoms. The number of carboxylic acid groups (broad SMARTS) is 1. The fraction of sp³-hybridized carbons (Fsp3) is 0.438. The Kier molecular flexibility index (Phi) is 5.33. The second-order valence-corrected chi connectivity index (χ2v) is 9.54. The number of hydrogen-bond donors (Lipinski definition) is 1. The zero-order valence-electron chi connectivity index (χ0n) is 13.7. The largest absolute Gasteiger partial charge is 0.481 e. The SMILES string of the molecule is O=C(O)CCCC(=O)N=C1S[C@H]2CS(=O)(=O)C[C@@H]2N1c1ccc(F)cc1. The lowest BCUT2D eigenvalue weighted by Crippen LogP contribution is -2.37. The minimum absolute atomic E-state index is 0.00124. The molecule has 140 valence electrons. The van der Waals surface area contributed by atoms with Gasteiger partial charge in [0, 0.05) is 23.8 Å². The second-order valence-electron chi connectivity index (χ2n) is 6.18. The van der Waals surface area contributed by atoms with Gasteiger partial charge < -0.3 is 10.0 Å². The molecule has 0 aromatic heterocycles. The number of carbonyl (C=O) groups is 2. The summed E-state index contributed by atoms with van der Waals surface area (Å²) < 4.78 is 37.1. The van der Waals surface area contributed by atoms with Gasteiger partial charge in [-0.15, -0.1) is 0 Å². The van der Waals surface area contributed by atoms with Crippen LogP contribution >= 0.6 is 11.8 Å². The van der Waals surface area contributed by atoms with Crippen molar-refractivity contribution in [2.75, 3.05) is 16.4 Å². The summed E-state index contributed by atoms with van der Waals surface area (Å²) >= 11 is 1.22. The first kappa shape index (κ1) is 18.8. The normalized spacial score (nSPS) is 25.4. The molecule has 1 N–H and O–H groups in total. The third-order valence-electron chi connectivity index (χ3n) is 4.17. The molecule has 1 amide bonds. The first-order chi connectivity index (χ1) is 12.2. The number of benzene rings is 1. The molecule has 0 unspecified atom stereocenters. The van der Waals surface area contributed by atoms with Crippen LogP contribution in [0.25, 0.3) is 0 Å². The number of hydrogen-bond acceptors (Lipinski definition) is 5. The molecule has 0 bridgehead atoms. The Morgan fingerprint density at radius 1 is 1.23 bits per heavy atom. The summed E-state index contributed by atoms with van der Waals surface area (Å²) in [4.78, 5) is 28.3. The standard InChI is InChI=1S/C16H17FN2O5S2/c17-10-4-6-11(7-5-10)19-12-8-26(23,24)9-13(12)25-16(19)18-14(20)2-1-3-15(21)22/h4-7,12-13H,1-3,8-9H2,(H,21,22)/t12-,13-/m0/s1. The van der Waals surface area contributed by atoms with Crippen LogP contribution < -0.4 is 4.90 Å². The number of anilines is 1. The molecule has 0 radical (unpaired) electrons. The molecule has 26 heavy (non-hydrogen) atoms. The second kappa shape index (κ2) is 7.36. The Bertz CT molecular complexity index is 854. The molecule has 2 heterocycles. The molecular weight excluding hydrogens is 383 g/mol. The average Bonchev–Trinajstić information content (AvgIpc) is 2.99. The van der Waals surface area contributed by atoms with Crippen molar-refractivity contribution in [2.45, 2.75) is 30.6 Å². The summed E-state index contributed by atoms with van der Waals surface area (Å²) in [6.07, 6.45) is 0.0730. The topological polar surface area (TPSA) is 104 Å². The number of aliphatic carboxylic acids is 1. The molecule has 0 saturated carbocycles. The third-order valence-corrected chi connectivity index (χ3v) is 7.38. The lowest BCUT2D eigenvalue weighted by Gasteiger charge is -2.24. The number of thioether (sulfide) groups is 1. The lowest BCUT2D eigenvalue weighted by molar-refractivity contribution is -0.137. The number of fused-ring (bicyclic) bond motifs is 1. The summed E-state index contributed by atoms with van der Waals surface area (Å²) in [5, 5.41) is 8.77. The quantitative estimate of drug-likeness (QED) is 0.802. The highest BCUT2D eigenvalue weighted by Crippen LogP contribution is 2.41. The molecule has 2 aliphatic rings. The molecule has 3 rings (SSSR count). The number of carbonyl (C=O) groups excluding carboxylic acids is 1. The predicted octanol–water partition coefficient (Wildman–Crippen LogP) is 1.68. The Balaban J connectivity index is 1.84. The first-order valence-electron chi connectivity index (χ1n) is 8.00. The molecule has 1 aromatic rings. The van der Waals surface area contributed by atoms with Gasteiger partial charge in [0.25, 0.3) is 0 Å². The van der Waals surface area contributed by atoms with Gasteiger partial charge in [0.2, 0.25) is 5.91 Å². The minimum Gasteiger partial charge on any atom is -0.481 e. The zero-order chi connectivity index (χ0) is 18.9. The molecule has 2 saturated heterocycles. The summed E-state index contributed by atoms with van der Waals surface area (Å²) in [6, 6.07) is 5.22. The molecule has 7 nitrogen and oxygen atoms in total. The summed E-state index contributed by atoms with van der Waals surface area (Å²) in [5.41, 5.74) is 0.570. The smallest absolute Gasteiger partial charge is 0.303 e. The van der Waals surface area contributed by atoms with Crippen molar-refractivity contribution in [2.24, 2.45) is 4.99 Å². The van der Waals surface area contributed by atoms with Crippen molar-refractivity contribution in [1.82, 2.24) is 0 Å². The average molecular weight is 400 g/mol. The summed E-state index contributed by atoms with van der Waals surface area (Å²) in [6.45, 7) is 0. The fourth-order valence-corrected chi connectivity index (χ4v) is 6.95. The van der Waals surface area contributed by atoms with Gasteiger partial charge >= 0.3 is 5.97 Å². The Labute approximate surface area is 154 Å². The van der Waals surface area contributed by atoms with Crippen LogP contribution in [0, 0.1) is 5.82 Å². The Morgan fingerprint density at radius 3 is 2.58 bits per heavy atom. The van der Waals surface area contributed by atoms with Crippen molar-refractivity contribution < 1.29 is 27.5 Å². The van der Waals surface area contributed by atoms with Crippen molar-refractivity contribution in [3.63, 3.8) is 0 Å². The van der Waals surface area contributed by atoms with Crippen LogP contribution in [0.2, 0.25) is 0 Å². The van der Waals surface area contributed by atoms with Crippen molar-refractivity contribution in [3.05, 3.63) is 30.1 Å². The van der Waals surface area contributed by atoms with Crippen LogP contribution in [0.15, 0.2) is 29.3 Å². The first-order valence-corrected chi connectivity index (χ1v) is 10.7. The van der Waals surface area contributed by atoms with E-state index in [2.05, 4.69) is 4.99 Å². The van der Waals surface area contributed by atoms with Gasteiger partial charge in [-0.3, -0.25) is 9.59 Å². The maximum atomic E-state index is 13.2. The van der Waals surface area contributed by atoms with E-state index >= 15 is 0 Å². The maximum Gasteiger partial charge on any atom is 0.303 e. The highest BCUT2D eigenvalue weighted by Gasteiger charge is 2.49. The van der Waals surface area contributed by atoms with E-state index in [9.17, 15) is 22.4 Å². The highest BCUT2D eigenvalue weighted by molar-refractivity contribution is 8.16. The van der Waals surface area contributed by atoms with Crippen LogP contribution in [0.1, 0.15) is 19.3 Å². The molecule has 0 aliphatic carbocycles. The van der Waals surface area contributed by atoms with Crippen molar-refractivity contribution >= 4 is 44.3 Å². The van der Waals surface area contributed by atoms with Crippen LogP contribution in [0.5, 0.6) is 0 Å². The van der Waals surface area contributed by atoms with E-state index in [1.807, 2.05) is 0 Å². The van der Waals surface area contributed by atoms with Gasteiger partial charge in [-0.05, 0) is 30.7 Å². The van der Waals surface area contributed by atoms with E-state index in [1.165, 1.54) is 36.0 Å². The van der Waals surface area contributed by atoms with Crippen LogP contribution in [0.4, 0.5) is 10.1 Å². The third kappa shape index (κ3) is 4.24. The van der Waals surface area contributed by atoms with E-state index in [0.29, 0.717) is 10.9 Å². The predicted molar refractivity (Wildman–Crippen MR) is 96.6 cm³/mol. The van der Waals surface area contributed by atoms with E-state index in [-0.39, 0.29) is 42.1 Å². The summed E-state index contributed by atoms with van der Waals surface area (Å²) in [7, 11) is -3.17. The number of amidine groups is 1. The number of nitrogens with zero attached hydrogens (tertiary/aromatic N) is 2. The zero-order valence-corrected chi connectivity index (χ0v) is 15.3. The lowest BCUT2D eigenvalue weighted by atomic mass is 10.2. The molecule has 2 atom stereocenters. The molecule has 2 fully saturated rings. The van der Waals surface area contributed by atoms with Crippen LogP contribution in [-0.4, -0.2) is 53.4 Å². The Morgan fingerprint density at radius 2 is 1.92 bits per heavy atom. The van der Waals surface area contributed by atoms with E-state index < -0.39 is 27.5 Å². The van der Waals surface area contributed by atoms with Crippen LogP contribution in [0.3, 0.4) is 0 Å². The minimum atomic E-state index is -3.17. The number of amides is 1. The van der Waals surface area contributed by atoms with Gasteiger partial charge in [-0.25, -0.2) is 12.8 Å². The number of carboxylic acids is 1. The van der Waals surface area contributed by atoms with Gasteiger partial charge in [0.15, 0.2) is 15.0 Å². The van der Waals surface area contributed by atoms with Gasteiger partial charge in [-0.1, -0.05) is 11.8 Å². The van der Waals surface area contributed by atoms with Crippen molar-refractivity contribution in [3.8, 4) is 0 Å². The molecule has 0 spiro atoms. The van der Waals surface area contributed by atoms with E-state index in [1.54, 1.807) is 4.90 Å². The number of halogens is 1. The number of aliphatic imine (C=N–C) groups is 1. The van der Waals surface area contributed by atoms with Crippen LogP contribution in [-0.2, 0) is 19.4 Å². The van der Waals surface area contributed by atoms with Gasteiger partial charge in [0.1, 0.15) is 5.82 Å². The van der Waals surface area contributed by atoms with Crippen molar-refractivity contribution in [1.29, 1.82) is 0 Å². The fourth-order valence-electron chi connectivity index (χ4n) is 3.02. The monoisotopic (exact) mass is 400 g/mol. The molecule has 1 aromatic carbocycles. The van der Waals surface area contributed by atoms with Gasteiger partial charge in [-0.2, -0.15) is 4.99 Å². The highest BCUT2D eigenvalue weighted by atomic mass is 32.2. The molecular formula is C16H17FN2O5S2. The maximum absolute atomic E-state index is 13.2.